The normalized spacial score (nSPS) is 10.6. The maximum atomic E-state index is 11.6. The molecule has 0 aliphatic rings. The first-order valence-corrected chi connectivity index (χ1v) is 5.42. The Labute approximate surface area is 103 Å². The van der Waals surface area contributed by atoms with E-state index in [0.717, 1.165) is 6.07 Å². The number of aromatic carboxylic acids is 1. The molecule has 0 saturated carbocycles. The lowest BCUT2D eigenvalue weighted by Crippen LogP contribution is -2.09. The van der Waals surface area contributed by atoms with Gasteiger partial charge in [0, 0.05) is 11.5 Å². The minimum Gasteiger partial charge on any atom is -0.477 e. The van der Waals surface area contributed by atoms with Gasteiger partial charge >= 0.3 is 5.97 Å². The van der Waals surface area contributed by atoms with Crippen LogP contribution in [-0.4, -0.2) is 16.1 Å². The van der Waals surface area contributed by atoms with Crippen LogP contribution < -0.4 is 5.43 Å². The first kappa shape index (κ1) is 11.2. The lowest BCUT2D eigenvalue weighted by molar-refractivity contribution is 0.0691. The summed E-state index contributed by atoms with van der Waals surface area (Å²) in [6.07, 6.45) is 0. The number of aromatic amines is 1. The summed E-state index contributed by atoms with van der Waals surface area (Å²) in [5.74, 6) is -1.19. The molecule has 1 aromatic heterocycles. The fourth-order valence-electron chi connectivity index (χ4n) is 1.37. The number of hydrogen-bond acceptors (Lipinski definition) is 2. The van der Waals surface area contributed by atoms with Crippen molar-refractivity contribution in [1.82, 2.24) is 4.98 Å². The Bertz CT molecular complexity index is 650. The second-order valence-corrected chi connectivity index (χ2v) is 4.34. The first-order valence-electron chi connectivity index (χ1n) is 4.25. The summed E-state index contributed by atoms with van der Waals surface area (Å²) < 4.78 is 0.479. The zero-order valence-electron chi connectivity index (χ0n) is 7.75. The Balaban J connectivity index is 2.94. The van der Waals surface area contributed by atoms with Gasteiger partial charge in [0.1, 0.15) is 5.69 Å². The SMILES string of the molecule is O=C(O)c1cc(=O)c2ccc(Cl)c(Br)c2[nH]1. The van der Waals surface area contributed by atoms with Gasteiger partial charge < -0.3 is 10.1 Å². The van der Waals surface area contributed by atoms with E-state index in [4.69, 9.17) is 16.7 Å². The Morgan fingerprint density at radius 3 is 2.75 bits per heavy atom. The van der Waals surface area contributed by atoms with E-state index in [2.05, 4.69) is 20.9 Å². The average Bonchev–Trinajstić information content (AvgIpc) is 2.23. The lowest BCUT2D eigenvalue weighted by atomic mass is 10.2. The molecule has 0 spiro atoms. The zero-order chi connectivity index (χ0) is 11.9. The van der Waals surface area contributed by atoms with Crippen molar-refractivity contribution < 1.29 is 9.90 Å². The zero-order valence-corrected chi connectivity index (χ0v) is 10.1. The number of aromatic nitrogens is 1. The van der Waals surface area contributed by atoms with E-state index in [9.17, 15) is 9.59 Å². The third-order valence-corrected chi connectivity index (χ3v) is 3.49. The predicted octanol–water partition coefficient (Wildman–Crippen LogP) is 2.64. The number of fused-ring (bicyclic) bond motifs is 1. The number of carboxylic acid groups (broad SMARTS) is 1. The van der Waals surface area contributed by atoms with Crippen LogP contribution in [0.5, 0.6) is 0 Å². The van der Waals surface area contributed by atoms with E-state index in [1.165, 1.54) is 0 Å². The van der Waals surface area contributed by atoms with Crippen LogP contribution in [-0.2, 0) is 0 Å². The van der Waals surface area contributed by atoms with Crippen molar-refractivity contribution in [2.45, 2.75) is 0 Å². The van der Waals surface area contributed by atoms with Gasteiger partial charge in [0.05, 0.1) is 15.0 Å². The summed E-state index contributed by atoms with van der Waals surface area (Å²) in [4.78, 5) is 25.0. The molecule has 0 atom stereocenters. The fraction of sp³-hybridized carbons (Fsp3) is 0. The van der Waals surface area contributed by atoms with Crippen molar-refractivity contribution in [3.63, 3.8) is 0 Å². The monoisotopic (exact) mass is 301 g/mol. The summed E-state index contributed by atoms with van der Waals surface area (Å²) in [5, 5.41) is 9.61. The molecule has 16 heavy (non-hydrogen) atoms. The molecule has 1 heterocycles. The van der Waals surface area contributed by atoms with E-state index >= 15 is 0 Å². The molecule has 6 heteroatoms. The minimum atomic E-state index is -1.19. The second-order valence-electron chi connectivity index (χ2n) is 3.14. The van der Waals surface area contributed by atoms with E-state index in [1.807, 2.05) is 0 Å². The minimum absolute atomic E-state index is 0.166. The molecular weight excluding hydrogens is 297 g/mol. The molecule has 82 valence electrons. The highest BCUT2D eigenvalue weighted by atomic mass is 79.9. The van der Waals surface area contributed by atoms with Gasteiger partial charge in [-0.25, -0.2) is 4.79 Å². The molecule has 2 rings (SSSR count). The van der Waals surface area contributed by atoms with Crippen molar-refractivity contribution in [2.24, 2.45) is 0 Å². The van der Waals surface area contributed by atoms with Gasteiger partial charge in [-0.15, -0.1) is 0 Å². The molecule has 0 aliphatic heterocycles. The third kappa shape index (κ3) is 1.72. The standard InChI is InChI=1S/C10H5BrClNO3/c11-8-5(12)2-1-4-7(14)3-6(10(15)16)13-9(4)8/h1-3H,(H,13,14)(H,15,16). The Morgan fingerprint density at radius 1 is 1.44 bits per heavy atom. The van der Waals surface area contributed by atoms with E-state index < -0.39 is 5.97 Å². The highest BCUT2D eigenvalue weighted by Crippen LogP contribution is 2.28. The lowest BCUT2D eigenvalue weighted by Gasteiger charge is -2.04. The Morgan fingerprint density at radius 2 is 2.12 bits per heavy atom. The molecule has 0 unspecified atom stereocenters. The van der Waals surface area contributed by atoms with Crippen LogP contribution in [0.4, 0.5) is 0 Å². The maximum absolute atomic E-state index is 11.6. The van der Waals surface area contributed by atoms with Crippen LogP contribution in [0.2, 0.25) is 5.02 Å². The van der Waals surface area contributed by atoms with Crippen LogP contribution in [0.15, 0.2) is 27.5 Å². The van der Waals surface area contributed by atoms with Crippen LogP contribution in [0.1, 0.15) is 10.5 Å². The maximum Gasteiger partial charge on any atom is 0.352 e. The van der Waals surface area contributed by atoms with Gasteiger partial charge in [0.2, 0.25) is 0 Å². The van der Waals surface area contributed by atoms with E-state index in [0.29, 0.717) is 20.4 Å². The number of nitrogens with one attached hydrogen (secondary N) is 1. The molecule has 0 radical (unpaired) electrons. The first-order chi connectivity index (χ1) is 7.50. The van der Waals surface area contributed by atoms with Crippen molar-refractivity contribution in [2.75, 3.05) is 0 Å². The summed E-state index contributed by atoms with van der Waals surface area (Å²) in [6.45, 7) is 0. The number of carbonyl (C=O) groups is 1. The Hall–Kier alpha value is -1.33. The number of carboxylic acids is 1. The molecule has 2 N–H and O–H groups in total. The summed E-state index contributed by atoms with van der Waals surface area (Å²) in [6, 6.07) is 4.17. The molecular formula is C10H5BrClNO3. The summed E-state index contributed by atoms with van der Waals surface area (Å²) in [7, 11) is 0. The van der Waals surface area contributed by atoms with Crippen molar-refractivity contribution in [3.8, 4) is 0 Å². The second kappa shape index (κ2) is 3.92. The van der Waals surface area contributed by atoms with Crippen molar-refractivity contribution in [1.29, 1.82) is 0 Å². The molecule has 0 aliphatic carbocycles. The van der Waals surface area contributed by atoms with Crippen LogP contribution in [0.3, 0.4) is 0 Å². The highest BCUT2D eigenvalue weighted by molar-refractivity contribution is 9.10. The predicted molar refractivity (Wildman–Crippen MR) is 64.2 cm³/mol. The topological polar surface area (TPSA) is 70.2 Å². The summed E-state index contributed by atoms with van der Waals surface area (Å²) in [5.41, 5.74) is -0.138. The van der Waals surface area contributed by atoms with E-state index in [-0.39, 0.29) is 11.1 Å². The van der Waals surface area contributed by atoms with Gasteiger partial charge in [-0.1, -0.05) is 11.6 Å². The molecule has 0 amide bonds. The number of rotatable bonds is 1. The fourth-order valence-corrected chi connectivity index (χ4v) is 1.98. The molecule has 0 saturated heterocycles. The molecule has 2 aromatic rings. The third-order valence-electron chi connectivity index (χ3n) is 2.13. The molecule has 1 aromatic carbocycles. The largest absolute Gasteiger partial charge is 0.477 e. The van der Waals surface area contributed by atoms with Gasteiger partial charge in [-0.2, -0.15) is 0 Å². The van der Waals surface area contributed by atoms with Gasteiger partial charge in [0.15, 0.2) is 5.43 Å². The highest BCUT2D eigenvalue weighted by Gasteiger charge is 2.11. The van der Waals surface area contributed by atoms with Crippen LogP contribution in [0.25, 0.3) is 10.9 Å². The number of benzene rings is 1. The quantitative estimate of drug-likeness (QED) is 0.851. The van der Waals surface area contributed by atoms with Gasteiger partial charge in [0.25, 0.3) is 0 Å². The smallest absolute Gasteiger partial charge is 0.352 e. The average molecular weight is 303 g/mol. The Kier molecular flexibility index (Phi) is 2.73. The van der Waals surface area contributed by atoms with E-state index in [1.54, 1.807) is 12.1 Å². The molecule has 0 bridgehead atoms. The van der Waals surface area contributed by atoms with Crippen molar-refractivity contribution >= 4 is 44.4 Å². The van der Waals surface area contributed by atoms with Crippen LogP contribution >= 0.6 is 27.5 Å². The number of pyridine rings is 1. The summed E-state index contributed by atoms with van der Waals surface area (Å²) >= 11 is 9.06. The number of halogens is 2. The van der Waals surface area contributed by atoms with Gasteiger partial charge in [-0.05, 0) is 28.1 Å². The van der Waals surface area contributed by atoms with Crippen LogP contribution in [0, 0.1) is 0 Å². The van der Waals surface area contributed by atoms with Crippen molar-refractivity contribution in [3.05, 3.63) is 43.6 Å². The molecule has 4 nitrogen and oxygen atoms in total. The molecule has 0 fully saturated rings. The number of H-pyrrole nitrogens is 1. The number of hydrogen-bond donors (Lipinski definition) is 2. The van der Waals surface area contributed by atoms with Gasteiger partial charge in [-0.3, -0.25) is 4.79 Å².